The van der Waals surface area contributed by atoms with Crippen LogP contribution in [0.15, 0.2) is 36.5 Å². The molecule has 6 heteroatoms. The van der Waals surface area contributed by atoms with Gasteiger partial charge in [-0.1, -0.05) is 18.2 Å². The van der Waals surface area contributed by atoms with E-state index in [1.165, 1.54) is 0 Å². The summed E-state index contributed by atoms with van der Waals surface area (Å²) in [6.45, 7) is 3.44. The molecule has 1 atom stereocenters. The molecule has 27 heavy (non-hydrogen) atoms. The summed E-state index contributed by atoms with van der Waals surface area (Å²) in [5.74, 6) is 0.603. The highest BCUT2D eigenvalue weighted by atomic mass is 16.5. The van der Waals surface area contributed by atoms with Crippen LogP contribution in [0, 0.1) is 0 Å². The predicted molar refractivity (Wildman–Crippen MR) is 104 cm³/mol. The highest BCUT2D eigenvalue weighted by Crippen LogP contribution is 2.37. The number of anilines is 2. The van der Waals surface area contributed by atoms with Crippen LogP contribution in [-0.4, -0.2) is 35.1 Å². The van der Waals surface area contributed by atoms with Crippen molar-refractivity contribution in [3.05, 3.63) is 47.8 Å². The summed E-state index contributed by atoms with van der Waals surface area (Å²) in [5.41, 5.74) is 2.24. The monoisotopic (exact) mass is 366 g/mol. The second-order valence-corrected chi connectivity index (χ2v) is 7.60. The predicted octanol–water partition coefficient (Wildman–Crippen LogP) is 3.11. The third-order valence-electron chi connectivity index (χ3n) is 5.60. The molecule has 2 heterocycles. The van der Waals surface area contributed by atoms with Gasteiger partial charge in [-0.15, -0.1) is 0 Å². The first-order valence-electron chi connectivity index (χ1n) is 9.72. The van der Waals surface area contributed by atoms with Crippen LogP contribution < -0.4 is 10.6 Å². The molecule has 1 saturated heterocycles. The smallest absolute Gasteiger partial charge is 0.232 e. The van der Waals surface area contributed by atoms with Gasteiger partial charge in [0.1, 0.15) is 0 Å². The van der Waals surface area contributed by atoms with E-state index in [9.17, 15) is 4.79 Å². The molecule has 2 aromatic rings. The summed E-state index contributed by atoms with van der Waals surface area (Å²) in [4.78, 5) is 22.4. The molecular weight excluding hydrogens is 340 g/mol. The van der Waals surface area contributed by atoms with E-state index in [1.54, 1.807) is 0 Å². The number of nitrogens with zero attached hydrogens (tertiary/aromatic N) is 2. The van der Waals surface area contributed by atoms with Gasteiger partial charge in [-0.3, -0.25) is 4.79 Å². The van der Waals surface area contributed by atoms with E-state index in [1.807, 2.05) is 43.5 Å². The number of hydrogen-bond donors (Lipinski definition) is 2. The molecule has 0 bridgehead atoms. The van der Waals surface area contributed by atoms with Gasteiger partial charge in [0.25, 0.3) is 0 Å². The first-order chi connectivity index (χ1) is 13.1. The molecule has 142 valence electrons. The van der Waals surface area contributed by atoms with E-state index in [0.717, 1.165) is 49.0 Å². The molecule has 1 aliphatic heterocycles. The maximum absolute atomic E-state index is 13.2. The lowest BCUT2D eigenvalue weighted by Crippen LogP contribution is -2.50. The Labute approximate surface area is 159 Å². The van der Waals surface area contributed by atoms with Crippen LogP contribution in [0.25, 0.3) is 0 Å². The number of aryl methyl sites for hydroxylation is 1. The lowest BCUT2D eigenvalue weighted by molar-refractivity contribution is -0.128. The van der Waals surface area contributed by atoms with Crippen LogP contribution in [0.1, 0.15) is 43.9 Å². The Morgan fingerprint density at radius 2 is 2.00 bits per heavy atom. The summed E-state index contributed by atoms with van der Waals surface area (Å²) in [6, 6.07) is 10.0. The zero-order chi connectivity index (χ0) is 18.7. The molecule has 0 spiro atoms. The lowest BCUT2D eigenvalue weighted by atomic mass is 9.73. The van der Waals surface area contributed by atoms with Crippen molar-refractivity contribution in [1.29, 1.82) is 0 Å². The SMILES string of the molecule is CC1(C(=O)NC2CCOCC2)CCCc2cnc(Nc3ccccc3)nc21. The van der Waals surface area contributed by atoms with E-state index in [2.05, 4.69) is 15.6 Å². The van der Waals surface area contributed by atoms with Crippen molar-refractivity contribution < 1.29 is 9.53 Å². The Balaban J connectivity index is 1.58. The van der Waals surface area contributed by atoms with E-state index >= 15 is 0 Å². The summed E-state index contributed by atoms with van der Waals surface area (Å²) in [6.07, 6.45) is 6.31. The molecule has 1 unspecified atom stereocenters. The second-order valence-electron chi connectivity index (χ2n) is 7.60. The van der Waals surface area contributed by atoms with Gasteiger partial charge >= 0.3 is 0 Å². The number of amides is 1. The number of rotatable bonds is 4. The highest BCUT2D eigenvalue weighted by molar-refractivity contribution is 5.88. The number of aromatic nitrogens is 2. The van der Waals surface area contributed by atoms with Gasteiger partial charge in [-0.25, -0.2) is 9.97 Å². The van der Waals surface area contributed by atoms with Gasteiger partial charge in [0, 0.05) is 31.1 Å². The van der Waals surface area contributed by atoms with E-state index in [4.69, 9.17) is 9.72 Å². The van der Waals surface area contributed by atoms with Crippen molar-refractivity contribution in [3.8, 4) is 0 Å². The zero-order valence-electron chi connectivity index (χ0n) is 15.7. The summed E-state index contributed by atoms with van der Waals surface area (Å²) < 4.78 is 5.40. The standard InChI is InChI=1S/C21H26N4O2/c1-21(19(26)23-17-9-12-27-13-10-17)11-5-6-15-14-22-20(25-18(15)21)24-16-7-3-2-4-8-16/h2-4,7-8,14,17H,5-6,9-13H2,1H3,(H,23,26)(H,22,24,25). The number of carbonyl (C=O) groups excluding carboxylic acids is 1. The molecule has 1 aromatic heterocycles. The van der Waals surface area contributed by atoms with E-state index < -0.39 is 5.41 Å². The van der Waals surface area contributed by atoms with Gasteiger partial charge in [0.05, 0.1) is 11.1 Å². The van der Waals surface area contributed by atoms with Gasteiger partial charge in [0.15, 0.2) is 0 Å². The number of hydrogen-bond acceptors (Lipinski definition) is 5. The van der Waals surface area contributed by atoms with Crippen molar-refractivity contribution in [2.45, 2.75) is 50.5 Å². The first-order valence-corrected chi connectivity index (χ1v) is 9.72. The molecule has 1 fully saturated rings. The Bertz CT molecular complexity index is 805. The molecule has 1 aliphatic carbocycles. The van der Waals surface area contributed by atoms with Gasteiger partial charge < -0.3 is 15.4 Å². The van der Waals surface area contributed by atoms with Crippen molar-refractivity contribution in [2.75, 3.05) is 18.5 Å². The molecule has 0 saturated carbocycles. The van der Waals surface area contributed by atoms with Gasteiger partial charge in [-0.05, 0) is 56.7 Å². The number of ether oxygens (including phenoxy) is 1. The number of nitrogens with one attached hydrogen (secondary N) is 2. The lowest BCUT2D eigenvalue weighted by Gasteiger charge is -2.35. The van der Waals surface area contributed by atoms with Gasteiger partial charge in [0.2, 0.25) is 11.9 Å². The normalized spacial score (nSPS) is 22.7. The molecule has 2 aliphatic rings. The van der Waals surface area contributed by atoms with E-state index in [-0.39, 0.29) is 11.9 Å². The van der Waals surface area contributed by atoms with Crippen molar-refractivity contribution in [3.63, 3.8) is 0 Å². The Morgan fingerprint density at radius 1 is 1.22 bits per heavy atom. The molecular formula is C21H26N4O2. The molecule has 1 amide bonds. The Kier molecular flexibility index (Phi) is 5.07. The maximum atomic E-state index is 13.2. The highest BCUT2D eigenvalue weighted by Gasteiger charge is 2.41. The number of fused-ring (bicyclic) bond motifs is 1. The van der Waals surface area contributed by atoms with E-state index in [0.29, 0.717) is 19.2 Å². The van der Waals surface area contributed by atoms with Crippen LogP contribution in [0.5, 0.6) is 0 Å². The zero-order valence-corrected chi connectivity index (χ0v) is 15.7. The number of benzene rings is 1. The third-order valence-corrected chi connectivity index (χ3v) is 5.60. The third kappa shape index (κ3) is 3.81. The van der Waals surface area contributed by atoms with Crippen LogP contribution >= 0.6 is 0 Å². The largest absolute Gasteiger partial charge is 0.381 e. The summed E-state index contributed by atoms with van der Waals surface area (Å²) in [5, 5.41) is 6.48. The Hall–Kier alpha value is -2.47. The summed E-state index contributed by atoms with van der Waals surface area (Å²) >= 11 is 0. The maximum Gasteiger partial charge on any atom is 0.232 e. The van der Waals surface area contributed by atoms with Crippen LogP contribution in [0.3, 0.4) is 0 Å². The molecule has 2 N–H and O–H groups in total. The number of para-hydroxylation sites is 1. The van der Waals surface area contributed by atoms with Crippen LogP contribution in [0.4, 0.5) is 11.6 Å². The van der Waals surface area contributed by atoms with Crippen LogP contribution in [-0.2, 0) is 21.4 Å². The first kappa shape index (κ1) is 17.9. The quantitative estimate of drug-likeness (QED) is 0.869. The van der Waals surface area contributed by atoms with Gasteiger partial charge in [-0.2, -0.15) is 0 Å². The van der Waals surface area contributed by atoms with Crippen molar-refractivity contribution >= 4 is 17.5 Å². The van der Waals surface area contributed by atoms with Crippen molar-refractivity contribution in [1.82, 2.24) is 15.3 Å². The second kappa shape index (κ2) is 7.64. The molecule has 1 aromatic carbocycles. The molecule has 4 rings (SSSR count). The fraction of sp³-hybridized carbons (Fsp3) is 0.476. The summed E-state index contributed by atoms with van der Waals surface area (Å²) in [7, 11) is 0. The minimum Gasteiger partial charge on any atom is -0.381 e. The molecule has 6 nitrogen and oxygen atoms in total. The topological polar surface area (TPSA) is 76.1 Å². The van der Waals surface area contributed by atoms with Crippen molar-refractivity contribution in [2.24, 2.45) is 0 Å². The average molecular weight is 366 g/mol. The average Bonchev–Trinajstić information content (AvgIpc) is 2.70. The minimum atomic E-state index is -0.623. The van der Waals surface area contributed by atoms with Crippen LogP contribution in [0.2, 0.25) is 0 Å². The minimum absolute atomic E-state index is 0.0692. The Morgan fingerprint density at radius 3 is 2.78 bits per heavy atom. The fourth-order valence-electron chi connectivity index (χ4n) is 3.94. The molecule has 0 radical (unpaired) electrons. The fourth-order valence-corrected chi connectivity index (χ4v) is 3.94. The number of carbonyl (C=O) groups is 1.